The number of allylic oxidation sites excluding steroid dienone is 8. The van der Waals surface area contributed by atoms with E-state index in [1.165, 1.54) is 96.3 Å². The molecule has 0 rings (SSSR count). The zero-order valence-electron chi connectivity index (χ0n) is 39.4. The van der Waals surface area contributed by atoms with E-state index in [-0.39, 0.29) is 32.2 Å². The van der Waals surface area contributed by atoms with Crippen LogP contribution >= 0.6 is 0 Å². The molecule has 0 spiro atoms. The van der Waals surface area contributed by atoms with Crippen molar-refractivity contribution in [1.82, 2.24) is 0 Å². The van der Waals surface area contributed by atoms with Gasteiger partial charge in [0.05, 0.1) is 34.4 Å². The van der Waals surface area contributed by atoms with Crippen LogP contribution < -0.4 is 0 Å². The monoisotopic (exact) mass is 847 g/mol. The van der Waals surface area contributed by atoms with Crippen molar-refractivity contribution >= 4 is 17.9 Å². The second-order valence-electron chi connectivity index (χ2n) is 17.4. The van der Waals surface area contributed by atoms with Crippen LogP contribution in [-0.4, -0.2) is 87.4 Å². The lowest BCUT2D eigenvalue weighted by molar-refractivity contribution is -0.870. The maximum absolute atomic E-state index is 12.8. The molecular weight excluding hydrogens is 755 g/mol. The van der Waals surface area contributed by atoms with Gasteiger partial charge in [-0.3, -0.25) is 9.59 Å². The fraction of sp³-hybridized carbons (Fsp3) is 0.784. The smallest absolute Gasteiger partial charge is 0.361 e. The van der Waals surface area contributed by atoms with E-state index in [9.17, 15) is 19.5 Å². The number of carboxylic acids is 1. The van der Waals surface area contributed by atoms with Crippen molar-refractivity contribution in [3.8, 4) is 0 Å². The first-order chi connectivity index (χ1) is 29.1. The molecule has 1 N–H and O–H groups in total. The number of nitrogens with zero attached hydrogens (tertiary/aromatic N) is 1. The standard InChI is InChI=1S/C51H91NO8/c1-6-8-10-12-14-16-18-20-22-23-24-25-26-27-28-30-32-34-36-38-40-42-49(54)60-47(46-59-51(50(55)56)57-44-43-52(3,4)5)45-58-48(53)41-39-37-35-33-31-29-21-19-17-15-13-11-9-7-2/h8,10,14,16,20,22,24-25,47,51H,6-7,9,11-13,15,17-19,21,23,26-46H2,1-5H3/p+1/b10-8-,16-14-,22-20-,25-24-. The van der Waals surface area contributed by atoms with Gasteiger partial charge in [0.1, 0.15) is 13.2 Å². The number of unbranched alkanes of at least 4 members (excludes halogenated alkanes) is 21. The van der Waals surface area contributed by atoms with Crippen molar-refractivity contribution in [2.75, 3.05) is 47.5 Å². The minimum atomic E-state index is -1.51. The van der Waals surface area contributed by atoms with E-state index in [0.717, 1.165) is 70.6 Å². The minimum absolute atomic E-state index is 0.184. The van der Waals surface area contributed by atoms with Crippen molar-refractivity contribution in [2.24, 2.45) is 0 Å². The van der Waals surface area contributed by atoms with Crippen molar-refractivity contribution < 1.29 is 42.9 Å². The van der Waals surface area contributed by atoms with Crippen LogP contribution in [0.5, 0.6) is 0 Å². The molecule has 0 aromatic heterocycles. The first-order valence-electron chi connectivity index (χ1n) is 24.3. The van der Waals surface area contributed by atoms with Gasteiger partial charge < -0.3 is 28.5 Å². The summed E-state index contributed by atoms with van der Waals surface area (Å²) < 4.78 is 22.8. The molecule has 2 unspecified atom stereocenters. The van der Waals surface area contributed by atoms with Gasteiger partial charge in [-0.1, -0.05) is 184 Å². The van der Waals surface area contributed by atoms with E-state index in [0.29, 0.717) is 23.9 Å². The summed E-state index contributed by atoms with van der Waals surface area (Å²) in [7, 11) is 5.95. The van der Waals surface area contributed by atoms with Gasteiger partial charge in [-0.05, 0) is 51.4 Å². The molecule has 0 aliphatic rings. The Kier molecular flexibility index (Phi) is 41.0. The average molecular weight is 847 g/mol. The third-order valence-corrected chi connectivity index (χ3v) is 10.3. The van der Waals surface area contributed by atoms with Crippen molar-refractivity contribution in [3.05, 3.63) is 48.6 Å². The van der Waals surface area contributed by atoms with Crippen LogP contribution in [0.4, 0.5) is 0 Å². The van der Waals surface area contributed by atoms with Gasteiger partial charge in [0.15, 0.2) is 6.10 Å². The van der Waals surface area contributed by atoms with Gasteiger partial charge in [-0.2, -0.15) is 0 Å². The van der Waals surface area contributed by atoms with Gasteiger partial charge in [0.25, 0.3) is 6.29 Å². The Morgan fingerprint density at radius 2 is 0.950 bits per heavy atom. The molecule has 0 aliphatic carbocycles. The van der Waals surface area contributed by atoms with Gasteiger partial charge >= 0.3 is 17.9 Å². The highest BCUT2D eigenvalue weighted by Crippen LogP contribution is 2.15. The van der Waals surface area contributed by atoms with E-state index in [4.69, 9.17) is 18.9 Å². The molecule has 2 atom stereocenters. The van der Waals surface area contributed by atoms with Crippen LogP contribution in [-0.2, 0) is 33.3 Å². The molecule has 0 aliphatic heterocycles. The summed E-state index contributed by atoms with van der Waals surface area (Å²) in [6, 6.07) is 0. The molecule has 0 heterocycles. The Hall–Kier alpha value is -2.75. The molecule has 0 fully saturated rings. The lowest BCUT2D eigenvalue weighted by Gasteiger charge is -2.25. The second kappa shape index (κ2) is 42.9. The molecule has 0 amide bonds. The van der Waals surface area contributed by atoms with Gasteiger partial charge in [0.2, 0.25) is 0 Å². The number of likely N-dealkylation sites (N-methyl/N-ethyl adjacent to an activating group) is 1. The highest BCUT2D eigenvalue weighted by Gasteiger charge is 2.25. The van der Waals surface area contributed by atoms with Crippen LogP contribution in [0.2, 0.25) is 0 Å². The maximum Gasteiger partial charge on any atom is 0.361 e. The largest absolute Gasteiger partial charge is 0.477 e. The van der Waals surface area contributed by atoms with E-state index in [1.807, 2.05) is 21.1 Å². The van der Waals surface area contributed by atoms with Gasteiger partial charge in [0, 0.05) is 12.8 Å². The van der Waals surface area contributed by atoms with Crippen LogP contribution in [0.15, 0.2) is 48.6 Å². The Bertz CT molecular complexity index is 1120. The van der Waals surface area contributed by atoms with E-state index in [1.54, 1.807) is 0 Å². The predicted octanol–water partition coefficient (Wildman–Crippen LogP) is 13.2. The highest BCUT2D eigenvalue weighted by atomic mass is 16.7. The number of ether oxygens (including phenoxy) is 4. The molecule has 9 heteroatoms. The summed E-state index contributed by atoms with van der Waals surface area (Å²) in [6.45, 7) is 4.76. The predicted molar refractivity (Wildman–Crippen MR) is 249 cm³/mol. The normalized spacial score (nSPS) is 13.3. The van der Waals surface area contributed by atoms with Crippen LogP contribution in [0.3, 0.4) is 0 Å². The maximum atomic E-state index is 12.8. The topological polar surface area (TPSA) is 108 Å². The SMILES string of the molecule is CC/C=C\C/C=C\C/C=C\C/C=C\CCCCCCCCCCC(=O)OC(COC(=O)CCCCCCCCCCCCCCCC)COC(OCC[N+](C)(C)C)C(=O)O. The molecule has 0 bridgehead atoms. The number of carbonyl (C=O) groups excluding carboxylic acids is 2. The Morgan fingerprint density at radius 1 is 0.517 bits per heavy atom. The summed E-state index contributed by atoms with van der Waals surface area (Å²) in [4.78, 5) is 37.2. The number of aliphatic carboxylic acids is 1. The van der Waals surface area contributed by atoms with Crippen LogP contribution in [0.1, 0.15) is 200 Å². The molecule has 0 saturated heterocycles. The molecule has 0 saturated carbocycles. The number of hydrogen-bond donors (Lipinski definition) is 1. The Balaban J connectivity index is 4.38. The zero-order chi connectivity index (χ0) is 44.2. The fourth-order valence-electron chi connectivity index (χ4n) is 6.59. The third-order valence-electron chi connectivity index (χ3n) is 10.3. The van der Waals surface area contributed by atoms with E-state index < -0.39 is 24.3 Å². The first-order valence-corrected chi connectivity index (χ1v) is 24.3. The van der Waals surface area contributed by atoms with E-state index >= 15 is 0 Å². The van der Waals surface area contributed by atoms with Gasteiger partial charge in [-0.15, -0.1) is 0 Å². The summed E-state index contributed by atoms with van der Waals surface area (Å²) in [6.07, 6.45) is 47.4. The number of rotatable bonds is 44. The average Bonchev–Trinajstić information content (AvgIpc) is 3.21. The van der Waals surface area contributed by atoms with E-state index in [2.05, 4.69) is 62.5 Å². The summed E-state index contributed by atoms with van der Waals surface area (Å²) in [5.74, 6) is -2.01. The highest BCUT2D eigenvalue weighted by molar-refractivity contribution is 5.71. The molecule has 60 heavy (non-hydrogen) atoms. The Labute approximate surface area is 368 Å². The van der Waals surface area contributed by atoms with Crippen LogP contribution in [0.25, 0.3) is 0 Å². The number of hydrogen-bond acceptors (Lipinski definition) is 7. The third kappa shape index (κ3) is 43.3. The molecule has 0 radical (unpaired) electrons. The van der Waals surface area contributed by atoms with Crippen molar-refractivity contribution in [2.45, 2.75) is 212 Å². The lowest BCUT2D eigenvalue weighted by Crippen LogP contribution is -2.40. The number of carboxylic acid groups (broad SMARTS) is 1. The first kappa shape index (κ1) is 57.2. The quantitative estimate of drug-likeness (QED) is 0.0212. The number of esters is 2. The summed E-state index contributed by atoms with van der Waals surface area (Å²) in [5, 5.41) is 9.65. The number of carbonyl (C=O) groups is 3. The molecule has 9 nitrogen and oxygen atoms in total. The molecule has 0 aromatic rings. The molecular formula is C51H92NO8+. The molecule has 348 valence electrons. The molecule has 0 aromatic carbocycles. The van der Waals surface area contributed by atoms with Gasteiger partial charge in [-0.25, -0.2) is 4.79 Å². The minimum Gasteiger partial charge on any atom is -0.477 e. The van der Waals surface area contributed by atoms with Crippen LogP contribution in [0, 0.1) is 0 Å². The zero-order valence-corrected chi connectivity index (χ0v) is 39.4. The Morgan fingerprint density at radius 3 is 1.42 bits per heavy atom. The van der Waals surface area contributed by atoms with Crippen molar-refractivity contribution in [1.29, 1.82) is 0 Å². The fourth-order valence-corrected chi connectivity index (χ4v) is 6.59. The second-order valence-corrected chi connectivity index (χ2v) is 17.4. The number of quaternary nitrogens is 1. The lowest BCUT2D eigenvalue weighted by atomic mass is 10.0. The van der Waals surface area contributed by atoms with Crippen molar-refractivity contribution in [3.63, 3.8) is 0 Å². The summed E-state index contributed by atoms with van der Waals surface area (Å²) >= 11 is 0. The summed E-state index contributed by atoms with van der Waals surface area (Å²) in [5.41, 5.74) is 0.